The van der Waals surface area contributed by atoms with Crippen LogP contribution in [0, 0.1) is 0 Å². The highest BCUT2D eigenvalue weighted by Gasteiger charge is 2.48. The van der Waals surface area contributed by atoms with Crippen LogP contribution in [0.5, 0.6) is 23.0 Å². The molecule has 5 N–H and O–H groups in total. The zero-order chi connectivity index (χ0) is 23.9. The van der Waals surface area contributed by atoms with Crippen LogP contribution in [-0.4, -0.2) is 75.1 Å². The van der Waals surface area contributed by atoms with E-state index in [-0.39, 0.29) is 40.8 Å². The van der Waals surface area contributed by atoms with Crippen LogP contribution in [0.2, 0.25) is 0 Å². The Balaban J connectivity index is 1.61. The van der Waals surface area contributed by atoms with Crippen molar-refractivity contribution in [3.05, 3.63) is 47.5 Å². The van der Waals surface area contributed by atoms with Gasteiger partial charge < -0.3 is 44.5 Å². The summed E-state index contributed by atoms with van der Waals surface area (Å²) in [5, 5.41) is 49.2. The number of ether oxygens (including phenoxy) is 4. The number of aliphatic carboxylic acids is 1. The van der Waals surface area contributed by atoms with Crippen LogP contribution < -0.4 is 14.2 Å². The number of rotatable bonds is 5. The van der Waals surface area contributed by atoms with Crippen molar-refractivity contribution in [1.29, 1.82) is 0 Å². The van der Waals surface area contributed by atoms with Gasteiger partial charge in [-0.25, -0.2) is 4.79 Å². The highest BCUT2D eigenvalue weighted by molar-refractivity contribution is 6.02. The summed E-state index contributed by atoms with van der Waals surface area (Å²) in [6, 6.07) is 9.12. The number of phenols is 1. The van der Waals surface area contributed by atoms with E-state index in [4.69, 9.17) is 18.9 Å². The van der Waals surface area contributed by atoms with Crippen LogP contribution in [0.15, 0.2) is 36.4 Å². The number of phenolic OH excluding ortho intramolecular Hbond substituents is 1. The van der Waals surface area contributed by atoms with Gasteiger partial charge in [-0.1, -0.05) is 12.1 Å². The van der Waals surface area contributed by atoms with Gasteiger partial charge in [0.1, 0.15) is 41.5 Å². The number of methoxy groups -OCH3 is 1. The van der Waals surface area contributed by atoms with Gasteiger partial charge >= 0.3 is 5.97 Å². The first kappa shape index (κ1) is 22.8. The molecule has 1 fully saturated rings. The van der Waals surface area contributed by atoms with E-state index in [9.17, 15) is 35.1 Å². The highest BCUT2D eigenvalue weighted by atomic mass is 16.7. The van der Waals surface area contributed by atoms with Crippen LogP contribution in [0.1, 0.15) is 28.4 Å². The smallest absolute Gasteiger partial charge is 0.335 e. The Kier molecular flexibility index (Phi) is 6.13. The number of carbonyl (C=O) groups is 2. The largest absolute Gasteiger partial charge is 0.507 e. The quantitative estimate of drug-likeness (QED) is 0.416. The van der Waals surface area contributed by atoms with E-state index in [1.54, 1.807) is 18.2 Å². The molecule has 0 amide bonds. The first-order chi connectivity index (χ1) is 15.7. The van der Waals surface area contributed by atoms with Gasteiger partial charge in [0.25, 0.3) is 0 Å². The number of fused-ring (bicyclic) bond motifs is 1. The van der Waals surface area contributed by atoms with Gasteiger partial charge in [-0.15, -0.1) is 0 Å². The molecule has 2 heterocycles. The molecule has 6 atom stereocenters. The molecule has 0 radical (unpaired) electrons. The van der Waals surface area contributed by atoms with Gasteiger partial charge in [-0.05, 0) is 29.8 Å². The van der Waals surface area contributed by atoms with E-state index in [0.717, 1.165) is 0 Å². The summed E-state index contributed by atoms with van der Waals surface area (Å²) in [7, 11) is 1.36. The van der Waals surface area contributed by atoms with Gasteiger partial charge in [0.05, 0.1) is 13.5 Å². The van der Waals surface area contributed by atoms with Crippen LogP contribution in [0.4, 0.5) is 0 Å². The number of ketones is 1. The molecule has 1 unspecified atom stereocenters. The van der Waals surface area contributed by atoms with Crippen molar-refractivity contribution in [2.45, 2.75) is 43.2 Å². The van der Waals surface area contributed by atoms with E-state index in [2.05, 4.69) is 0 Å². The van der Waals surface area contributed by atoms with Gasteiger partial charge in [0, 0.05) is 0 Å². The average Bonchev–Trinajstić information content (AvgIpc) is 2.78. The van der Waals surface area contributed by atoms with Crippen LogP contribution in [-0.2, 0) is 9.53 Å². The minimum atomic E-state index is -1.86. The van der Waals surface area contributed by atoms with Crippen LogP contribution in [0.3, 0.4) is 0 Å². The van der Waals surface area contributed by atoms with Crippen molar-refractivity contribution in [3.63, 3.8) is 0 Å². The maximum absolute atomic E-state index is 12.6. The first-order valence-corrected chi connectivity index (χ1v) is 10.00. The average molecular weight is 462 g/mol. The molecule has 0 aliphatic carbocycles. The summed E-state index contributed by atoms with van der Waals surface area (Å²) in [5.74, 6) is -1.59. The van der Waals surface area contributed by atoms with Gasteiger partial charge in [-0.2, -0.15) is 0 Å². The second kappa shape index (κ2) is 8.87. The molecule has 0 spiro atoms. The molecule has 2 aliphatic heterocycles. The van der Waals surface area contributed by atoms with E-state index >= 15 is 0 Å². The molecule has 0 aromatic heterocycles. The zero-order valence-corrected chi connectivity index (χ0v) is 17.3. The number of hydrogen-bond donors (Lipinski definition) is 5. The van der Waals surface area contributed by atoms with Crippen LogP contribution in [0.25, 0.3) is 0 Å². The molecular weight excluding hydrogens is 440 g/mol. The summed E-state index contributed by atoms with van der Waals surface area (Å²) in [6.45, 7) is 0. The maximum Gasteiger partial charge on any atom is 0.335 e. The van der Waals surface area contributed by atoms with Crippen molar-refractivity contribution in [1.82, 2.24) is 0 Å². The fourth-order valence-electron chi connectivity index (χ4n) is 3.81. The van der Waals surface area contributed by atoms with E-state index in [0.29, 0.717) is 5.56 Å². The lowest BCUT2D eigenvalue weighted by Crippen LogP contribution is -2.61. The first-order valence-electron chi connectivity index (χ1n) is 10.00. The van der Waals surface area contributed by atoms with Gasteiger partial charge in [-0.3, -0.25) is 4.79 Å². The third-order valence-electron chi connectivity index (χ3n) is 5.54. The summed E-state index contributed by atoms with van der Waals surface area (Å²) < 4.78 is 21.9. The van der Waals surface area contributed by atoms with Crippen molar-refractivity contribution < 1.29 is 54.1 Å². The SMILES string of the molecule is COc1ccc(C2CC(=O)c3c(O)cccc3O2)cc1O[C@@H]1O[C@H](C(=O)O)[C@@H](O)[C@H](O)[C@H]1O. The molecule has 0 bridgehead atoms. The van der Waals surface area contributed by atoms with Gasteiger partial charge in [0.2, 0.25) is 6.29 Å². The lowest BCUT2D eigenvalue weighted by molar-refractivity contribution is -0.271. The Morgan fingerprint density at radius 3 is 2.52 bits per heavy atom. The maximum atomic E-state index is 12.6. The molecule has 1 saturated heterocycles. The van der Waals surface area contributed by atoms with Crippen molar-refractivity contribution in [2.24, 2.45) is 0 Å². The van der Waals surface area contributed by atoms with E-state index in [1.165, 1.54) is 25.3 Å². The lowest BCUT2D eigenvalue weighted by Gasteiger charge is -2.38. The third-order valence-corrected chi connectivity index (χ3v) is 5.54. The second-order valence-electron chi connectivity index (χ2n) is 7.65. The molecule has 0 saturated carbocycles. The van der Waals surface area contributed by atoms with E-state index in [1.807, 2.05) is 0 Å². The monoisotopic (exact) mass is 462 g/mol. The minimum absolute atomic E-state index is 0.0181. The molecule has 11 nitrogen and oxygen atoms in total. The summed E-state index contributed by atoms with van der Waals surface area (Å²) in [6.07, 6.45) is -9.70. The van der Waals surface area contributed by atoms with E-state index < -0.39 is 42.8 Å². The second-order valence-corrected chi connectivity index (χ2v) is 7.65. The number of carboxylic acids is 1. The lowest BCUT2D eigenvalue weighted by atomic mass is 9.95. The molecule has 2 aromatic carbocycles. The predicted octanol–water partition coefficient (Wildman–Crippen LogP) is 0.378. The third kappa shape index (κ3) is 4.18. The fraction of sp³-hybridized carbons (Fsp3) is 0.364. The Morgan fingerprint density at radius 2 is 1.82 bits per heavy atom. The Morgan fingerprint density at radius 1 is 1.06 bits per heavy atom. The number of aliphatic hydroxyl groups is 3. The number of aromatic hydroxyl groups is 1. The minimum Gasteiger partial charge on any atom is -0.507 e. The molecule has 11 heteroatoms. The summed E-state index contributed by atoms with van der Waals surface area (Å²) in [4.78, 5) is 23.9. The molecule has 2 aromatic rings. The Hall–Kier alpha value is -3.38. The molecule has 4 rings (SSSR count). The molecule has 2 aliphatic rings. The zero-order valence-electron chi connectivity index (χ0n) is 17.3. The Labute approximate surface area is 187 Å². The molecular formula is C22H22O11. The predicted molar refractivity (Wildman–Crippen MR) is 108 cm³/mol. The number of hydrogen-bond acceptors (Lipinski definition) is 10. The normalized spacial score (nSPS) is 29.0. The number of Topliss-reactive ketones (excluding diaryl/α,β-unsaturated/α-hetero) is 1. The number of carboxylic acid groups (broad SMARTS) is 1. The number of aliphatic hydroxyl groups excluding tert-OH is 3. The fourth-order valence-corrected chi connectivity index (χ4v) is 3.81. The molecule has 33 heavy (non-hydrogen) atoms. The summed E-state index contributed by atoms with van der Waals surface area (Å²) >= 11 is 0. The highest BCUT2D eigenvalue weighted by Crippen LogP contribution is 2.41. The topological polar surface area (TPSA) is 172 Å². The standard InChI is InChI=1S/C22H22O11/c1-30-12-6-5-9(14-8-11(24)16-10(23)3-2-4-13(16)31-14)7-15(12)32-22-19(27)17(25)18(26)20(33-22)21(28)29/h2-7,14,17-20,22-23,25-27H,8H2,1H3,(H,28,29)/t14?,17-,18-,19+,20-,22+/m0/s1. The number of carbonyl (C=O) groups excluding carboxylic acids is 1. The van der Waals surface area contributed by atoms with Gasteiger partial charge in [0.15, 0.2) is 23.4 Å². The number of benzene rings is 2. The van der Waals surface area contributed by atoms with Crippen molar-refractivity contribution in [2.75, 3.05) is 7.11 Å². The summed E-state index contributed by atoms with van der Waals surface area (Å²) in [5.41, 5.74) is 0.596. The van der Waals surface area contributed by atoms with Crippen molar-refractivity contribution >= 4 is 11.8 Å². The Bertz CT molecular complexity index is 1070. The van der Waals surface area contributed by atoms with Crippen LogP contribution >= 0.6 is 0 Å². The molecule has 176 valence electrons. The van der Waals surface area contributed by atoms with Crippen molar-refractivity contribution in [3.8, 4) is 23.0 Å².